The molecule has 1 atom stereocenters. The van der Waals surface area contributed by atoms with Gasteiger partial charge >= 0.3 is 0 Å². The molecule has 2 aromatic carbocycles. The van der Waals surface area contributed by atoms with Crippen LogP contribution in [0.2, 0.25) is 5.02 Å². The third-order valence-corrected chi connectivity index (χ3v) is 4.41. The summed E-state index contributed by atoms with van der Waals surface area (Å²) in [5.74, 6) is 0.879. The summed E-state index contributed by atoms with van der Waals surface area (Å²) in [7, 11) is 1.48. The Morgan fingerprint density at radius 1 is 1.25 bits per heavy atom. The maximum Gasteiger partial charge on any atom is 0.160 e. The molecule has 0 saturated carbocycles. The molecular formula is C15H15ClO3S. The molecule has 2 rings (SSSR count). The number of hydrogen-bond acceptors (Lipinski definition) is 4. The van der Waals surface area contributed by atoms with Crippen molar-refractivity contribution >= 4 is 23.4 Å². The summed E-state index contributed by atoms with van der Waals surface area (Å²) in [5.41, 5.74) is 0.694. The summed E-state index contributed by atoms with van der Waals surface area (Å²) in [6.45, 7) is 0. The number of methoxy groups -OCH3 is 1. The minimum absolute atomic E-state index is 0.0576. The molecule has 0 aromatic heterocycles. The van der Waals surface area contributed by atoms with E-state index in [-0.39, 0.29) is 5.75 Å². The van der Waals surface area contributed by atoms with Crippen molar-refractivity contribution < 1.29 is 14.9 Å². The van der Waals surface area contributed by atoms with E-state index in [0.29, 0.717) is 22.1 Å². The largest absolute Gasteiger partial charge is 0.504 e. The fourth-order valence-electron chi connectivity index (χ4n) is 1.73. The van der Waals surface area contributed by atoms with Gasteiger partial charge in [0.15, 0.2) is 11.5 Å². The molecular weight excluding hydrogens is 296 g/mol. The number of phenolic OH excluding ortho intramolecular Hbond substituents is 1. The van der Waals surface area contributed by atoms with Crippen LogP contribution in [0.3, 0.4) is 0 Å². The molecule has 0 heterocycles. The number of phenols is 1. The number of aliphatic hydroxyl groups excluding tert-OH is 1. The van der Waals surface area contributed by atoms with Crippen molar-refractivity contribution in [2.45, 2.75) is 11.0 Å². The van der Waals surface area contributed by atoms with Gasteiger partial charge in [-0.25, -0.2) is 0 Å². The number of aromatic hydroxyl groups is 1. The Labute approximate surface area is 127 Å². The monoisotopic (exact) mass is 310 g/mol. The highest BCUT2D eigenvalue weighted by Gasteiger charge is 2.12. The van der Waals surface area contributed by atoms with E-state index in [4.69, 9.17) is 16.3 Å². The molecule has 0 radical (unpaired) electrons. The first-order chi connectivity index (χ1) is 9.61. The number of thioether (sulfide) groups is 1. The quantitative estimate of drug-likeness (QED) is 0.823. The molecule has 0 aliphatic rings. The maximum absolute atomic E-state index is 10.2. The van der Waals surface area contributed by atoms with E-state index in [0.717, 1.165) is 4.90 Å². The fourth-order valence-corrected chi connectivity index (χ4v) is 2.94. The first-order valence-electron chi connectivity index (χ1n) is 6.04. The van der Waals surface area contributed by atoms with Gasteiger partial charge in [-0.3, -0.25) is 0 Å². The summed E-state index contributed by atoms with van der Waals surface area (Å²) < 4.78 is 5.03. The Balaban J connectivity index is 2.05. The van der Waals surface area contributed by atoms with E-state index >= 15 is 0 Å². The summed E-state index contributed by atoms with van der Waals surface area (Å²) in [4.78, 5) is 0.930. The standard InChI is InChI=1S/C15H15ClO3S/c1-19-14-8-10(6-7-12(14)17)13(18)9-20-15-5-3-2-4-11(15)16/h2-8,13,17-18H,9H2,1H3. The Morgan fingerprint density at radius 2 is 2.00 bits per heavy atom. The zero-order valence-corrected chi connectivity index (χ0v) is 12.5. The second kappa shape index (κ2) is 6.88. The highest BCUT2D eigenvalue weighted by molar-refractivity contribution is 7.99. The maximum atomic E-state index is 10.2. The summed E-state index contributed by atoms with van der Waals surface area (Å²) in [6.07, 6.45) is -0.661. The zero-order chi connectivity index (χ0) is 14.5. The van der Waals surface area contributed by atoms with Crippen LogP contribution in [-0.4, -0.2) is 23.1 Å². The topological polar surface area (TPSA) is 49.7 Å². The normalized spacial score (nSPS) is 12.2. The van der Waals surface area contributed by atoms with Gasteiger partial charge in [0.25, 0.3) is 0 Å². The number of ether oxygens (including phenoxy) is 1. The predicted molar refractivity (Wildman–Crippen MR) is 81.8 cm³/mol. The van der Waals surface area contributed by atoms with E-state index in [1.165, 1.54) is 24.9 Å². The molecule has 106 valence electrons. The second-order valence-corrected chi connectivity index (χ2v) is 5.66. The summed E-state index contributed by atoms with van der Waals surface area (Å²) in [5, 5.41) is 20.4. The molecule has 3 nitrogen and oxygen atoms in total. The molecule has 0 fully saturated rings. The van der Waals surface area contributed by atoms with Gasteiger partial charge in [-0.2, -0.15) is 0 Å². The lowest BCUT2D eigenvalue weighted by atomic mass is 10.1. The molecule has 0 amide bonds. The number of benzene rings is 2. The predicted octanol–water partition coefficient (Wildman–Crippen LogP) is 3.88. The average Bonchev–Trinajstić information content (AvgIpc) is 2.46. The lowest BCUT2D eigenvalue weighted by Crippen LogP contribution is -2.01. The van der Waals surface area contributed by atoms with Gasteiger partial charge in [0, 0.05) is 10.6 Å². The van der Waals surface area contributed by atoms with Crippen LogP contribution in [0.15, 0.2) is 47.4 Å². The van der Waals surface area contributed by atoms with Crippen LogP contribution < -0.4 is 4.74 Å². The van der Waals surface area contributed by atoms with Crippen molar-refractivity contribution in [2.24, 2.45) is 0 Å². The Kier molecular flexibility index (Phi) is 5.17. The first kappa shape index (κ1) is 15.0. The van der Waals surface area contributed by atoms with Crippen LogP contribution in [0, 0.1) is 0 Å². The fraction of sp³-hybridized carbons (Fsp3) is 0.200. The molecule has 5 heteroatoms. The molecule has 0 bridgehead atoms. The van der Waals surface area contributed by atoms with Gasteiger partial charge in [0.2, 0.25) is 0 Å². The smallest absolute Gasteiger partial charge is 0.160 e. The number of halogens is 1. The van der Waals surface area contributed by atoms with Crippen molar-refractivity contribution in [3.05, 3.63) is 53.1 Å². The Hall–Kier alpha value is -1.36. The lowest BCUT2D eigenvalue weighted by Gasteiger charge is -2.13. The van der Waals surface area contributed by atoms with Gasteiger partial charge in [-0.05, 0) is 29.8 Å². The molecule has 2 N–H and O–H groups in total. The molecule has 0 aliphatic carbocycles. The van der Waals surface area contributed by atoms with Crippen molar-refractivity contribution in [1.82, 2.24) is 0 Å². The summed E-state index contributed by atoms with van der Waals surface area (Å²) >= 11 is 7.55. The number of aliphatic hydroxyl groups is 1. The third-order valence-electron chi connectivity index (χ3n) is 2.82. The molecule has 0 aliphatic heterocycles. The Bertz CT molecular complexity index is 589. The molecule has 2 aromatic rings. The van der Waals surface area contributed by atoms with Gasteiger partial charge < -0.3 is 14.9 Å². The van der Waals surface area contributed by atoms with Crippen molar-refractivity contribution in [3.63, 3.8) is 0 Å². The minimum atomic E-state index is -0.661. The van der Waals surface area contributed by atoms with E-state index in [1.54, 1.807) is 12.1 Å². The minimum Gasteiger partial charge on any atom is -0.504 e. The average molecular weight is 311 g/mol. The van der Waals surface area contributed by atoms with Crippen molar-refractivity contribution in [1.29, 1.82) is 0 Å². The molecule has 1 unspecified atom stereocenters. The van der Waals surface area contributed by atoms with Gasteiger partial charge in [0.05, 0.1) is 18.2 Å². The first-order valence-corrected chi connectivity index (χ1v) is 7.40. The second-order valence-electron chi connectivity index (χ2n) is 4.19. The van der Waals surface area contributed by atoms with Gasteiger partial charge in [-0.1, -0.05) is 29.8 Å². The van der Waals surface area contributed by atoms with Crippen molar-refractivity contribution in [2.75, 3.05) is 12.9 Å². The highest BCUT2D eigenvalue weighted by atomic mass is 35.5. The van der Waals surface area contributed by atoms with Gasteiger partial charge in [-0.15, -0.1) is 11.8 Å². The van der Waals surface area contributed by atoms with Crippen LogP contribution in [0.5, 0.6) is 11.5 Å². The van der Waals surface area contributed by atoms with E-state index < -0.39 is 6.10 Å². The Morgan fingerprint density at radius 3 is 2.70 bits per heavy atom. The number of rotatable bonds is 5. The van der Waals surface area contributed by atoms with Crippen molar-refractivity contribution in [3.8, 4) is 11.5 Å². The van der Waals surface area contributed by atoms with Crippen LogP contribution >= 0.6 is 23.4 Å². The van der Waals surface area contributed by atoms with E-state index in [1.807, 2.05) is 24.3 Å². The van der Waals surface area contributed by atoms with Crippen LogP contribution in [0.4, 0.5) is 0 Å². The van der Waals surface area contributed by atoms with Crippen LogP contribution in [0.25, 0.3) is 0 Å². The van der Waals surface area contributed by atoms with Crippen LogP contribution in [0.1, 0.15) is 11.7 Å². The molecule has 0 spiro atoms. The summed E-state index contributed by atoms with van der Waals surface area (Å²) in [6, 6.07) is 12.3. The van der Waals surface area contributed by atoms with E-state index in [2.05, 4.69) is 0 Å². The van der Waals surface area contributed by atoms with E-state index in [9.17, 15) is 10.2 Å². The lowest BCUT2D eigenvalue weighted by molar-refractivity contribution is 0.203. The SMILES string of the molecule is COc1cc(C(O)CSc2ccccc2Cl)ccc1O. The highest BCUT2D eigenvalue weighted by Crippen LogP contribution is 2.33. The van der Waals surface area contributed by atoms with Gasteiger partial charge in [0.1, 0.15) is 0 Å². The third kappa shape index (κ3) is 3.60. The molecule has 0 saturated heterocycles. The van der Waals surface area contributed by atoms with Crippen LogP contribution in [-0.2, 0) is 0 Å². The number of hydrogen-bond donors (Lipinski definition) is 2. The zero-order valence-electron chi connectivity index (χ0n) is 10.9. The molecule has 20 heavy (non-hydrogen) atoms.